The molecule has 1 aromatic heterocycles. The molecule has 0 spiro atoms. The zero-order chi connectivity index (χ0) is 9.80. The van der Waals surface area contributed by atoms with Crippen LogP contribution in [0.5, 0.6) is 0 Å². The van der Waals surface area contributed by atoms with E-state index >= 15 is 0 Å². The van der Waals surface area contributed by atoms with Gasteiger partial charge in [-0.2, -0.15) is 21.1 Å². The molecule has 6 heteroatoms. The number of hydrogen-bond donors (Lipinski definition) is 2. The first kappa shape index (κ1) is 10.0. The molecule has 78 valence electrons. The zero-order valence-corrected chi connectivity index (χ0v) is 9.53. The molecular formula is C8H14N4S2. The van der Waals surface area contributed by atoms with E-state index in [-0.39, 0.29) is 0 Å². The lowest BCUT2D eigenvalue weighted by Gasteiger charge is -2.20. The first-order valence-corrected chi connectivity index (χ1v) is 6.68. The fourth-order valence-electron chi connectivity index (χ4n) is 1.49. The third kappa shape index (κ3) is 2.75. The minimum Gasteiger partial charge on any atom is -0.367 e. The second kappa shape index (κ2) is 4.84. The van der Waals surface area contributed by atoms with Crippen LogP contribution in [0.4, 0.5) is 11.1 Å². The summed E-state index contributed by atoms with van der Waals surface area (Å²) >= 11 is 3.39. The topological polar surface area (TPSA) is 63.8 Å². The summed E-state index contributed by atoms with van der Waals surface area (Å²) in [5.41, 5.74) is 5.43. The van der Waals surface area contributed by atoms with Gasteiger partial charge in [-0.1, -0.05) is 0 Å². The Morgan fingerprint density at radius 3 is 2.86 bits per heavy atom. The Hall–Kier alpha value is -0.490. The molecule has 0 aliphatic carbocycles. The molecule has 2 rings (SSSR count). The summed E-state index contributed by atoms with van der Waals surface area (Å²) in [6.45, 7) is 1.01. The summed E-state index contributed by atoms with van der Waals surface area (Å²) in [6.07, 6.45) is 2.62. The van der Waals surface area contributed by atoms with Crippen molar-refractivity contribution in [2.75, 3.05) is 29.1 Å². The van der Waals surface area contributed by atoms with Gasteiger partial charge < -0.3 is 11.1 Å². The largest absolute Gasteiger partial charge is 0.367 e. The maximum atomic E-state index is 5.43. The maximum Gasteiger partial charge on any atom is 0.233 e. The number of aromatic nitrogens is 2. The van der Waals surface area contributed by atoms with Gasteiger partial charge in [-0.25, -0.2) is 0 Å². The zero-order valence-electron chi connectivity index (χ0n) is 7.90. The highest BCUT2D eigenvalue weighted by molar-refractivity contribution is 7.99. The highest BCUT2D eigenvalue weighted by atomic mass is 32.2. The Bertz CT molecular complexity index is 283. The van der Waals surface area contributed by atoms with Gasteiger partial charge in [-0.3, -0.25) is 0 Å². The quantitative estimate of drug-likeness (QED) is 0.827. The molecule has 14 heavy (non-hydrogen) atoms. The first-order valence-electron chi connectivity index (χ1n) is 4.75. The van der Waals surface area contributed by atoms with E-state index in [0.29, 0.717) is 5.95 Å². The van der Waals surface area contributed by atoms with Crippen molar-refractivity contribution in [3.05, 3.63) is 0 Å². The van der Waals surface area contributed by atoms with Crippen molar-refractivity contribution in [3.63, 3.8) is 0 Å². The van der Waals surface area contributed by atoms with Crippen molar-refractivity contribution in [1.29, 1.82) is 0 Å². The van der Waals surface area contributed by atoms with Gasteiger partial charge in [0.05, 0.1) is 0 Å². The van der Waals surface area contributed by atoms with Crippen molar-refractivity contribution in [2.45, 2.75) is 12.8 Å². The van der Waals surface area contributed by atoms with E-state index in [1.807, 2.05) is 0 Å². The summed E-state index contributed by atoms with van der Waals surface area (Å²) in [4.78, 5) is 4.06. The average molecular weight is 230 g/mol. The summed E-state index contributed by atoms with van der Waals surface area (Å²) in [5, 5.41) is 4.14. The van der Waals surface area contributed by atoms with Crippen LogP contribution in [0.15, 0.2) is 0 Å². The van der Waals surface area contributed by atoms with Crippen LogP contribution in [-0.4, -0.2) is 27.4 Å². The fourth-order valence-corrected chi connectivity index (χ4v) is 3.20. The Kier molecular flexibility index (Phi) is 3.47. The van der Waals surface area contributed by atoms with Crippen LogP contribution >= 0.6 is 23.3 Å². The van der Waals surface area contributed by atoms with E-state index < -0.39 is 0 Å². The summed E-state index contributed by atoms with van der Waals surface area (Å²) < 4.78 is 3.92. The van der Waals surface area contributed by atoms with Gasteiger partial charge in [0.1, 0.15) is 0 Å². The Morgan fingerprint density at radius 2 is 2.21 bits per heavy atom. The van der Waals surface area contributed by atoms with Gasteiger partial charge in [0.25, 0.3) is 0 Å². The lowest BCUT2D eigenvalue weighted by atomic mass is 10.0. The molecule has 0 radical (unpaired) electrons. The predicted molar refractivity (Wildman–Crippen MR) is 62.9 cm³/mol. The highest BCUT2D eigenvalue weighted by Crippen LogP contribution is 2.23. The molecule has 0 amide bonds. The highest BCUT2D eigenvalue weighted by Gasteiger charge is 2.13. The second-order valence-corrected chi connectivity index (χ2v) is 5.37. The van der Waals surface area contributed by atoms with E-state index in [1.54, 1.807) is 0 Å². The smallest absolute Gasteiger partial charge is 0.233 e. The number of hydrogen-bond acceptors (Lipinski definition) is 6. The van der Waals surface area contributed by atoms with Gasteiger partial charge in [0.2, 0.25) is 11.1 Å². The molecule has 1 saturated heterocycles. The summed E-state index contributed by atoms with van der Waals surface area (Å²) in [6, 6.07) is 0. The van der Waals surface area contributed by atoms with E-state index in [0.717, 1.165) is 17.6 Å². The lowest BCUT2D eigenvalue weighted by Crippen LogP contribution is -2.19. The van der Waals surface area contributed by atoms with E-state index in [1.165, 1.54) is 35.9 Å². The number of anilines is 2. The Morgan fingerprint density at radius 1 is 1.43 bits per heavy atom. The van der Waals surface area contributed by atoms with Crippen molar-refractivity contribution in [1.82, 2.24) is 9.36 Å². The second-order valence-electron chi connectivity index (χ2n) is 3.39. The number of nitrogens with zero attached hydrogens (tertiary/aromatic N) is 2. The molecule has 3 N–H and O–H groups in total. The van der Waals surface area contributed by atoms with Gasteiger partial charge in [0, 0.05) is 18.1 Å². The standard InChI is InChI=1S/C8H14N4S2/c9-7-11-8(14-12-7)10-5-6-1-3-13-4-2-6/h6H,1-5H2,(H3,9,10,11,12). The van der Waals surface area contributed by atoms with Crippen molar-refractivity contribution < 1.29 is 0 Å². The van der Waals surface area contributed by atoms with Crippen LogP contribution in [0.1, 0.15) is 12.8 Å². The van der Waals surface area contributed by atoms with Crippen molar-refractivity contribution in [2.24, 2.45) is 5.92 Å². The fraction of sp³-hybridized carbons (Fsp3) is 0.750. The molecule has 1 fully saturated rings. The van der Waals surface area contributed by atoms with Gasteiger partial charge >= 0.3 is 0 Å². The van der Waals surface area contributed by atoms with Crippen LogP contribution in [0.3, 0.4) is 0 Å². The lowest BCUT2D eigenvalue weighted by molar-refractivity contribution is 0.516. The van der Waals surface area contributed by atoms with Gasteiger partial charge in [-0.05, 0) is 30.3 Å². The number of thioether (sulfide) groups is 1. The van der Waals surface area contributed by atoms with E-state index in [2.05, 4.69) is 26.4 Å². The molecule has 0 saturated carbocycles. The minimum atomic E-state index is 0.372. The van der Waals surface area contributed by atoms with Crippen molar-refractivity contribution >= 4 is 34.4 Å². The molecule has 2 heterocycles. The van der Waals surface area contributed by atoms with Crippen LogP contribution in [0.25, 0.3) is 0 Å². The summed E-state index contributed by atoms with van der Waals surface area (Å²) in [7, 11) is 0. The van der Waals surface area contributed by atoms with Crippen molar-refractivity contribution in [3.8, 4) is 0 Å². The number of rotatable bonds is 3. The predicted octanol–water partition coefficient (Wildman–Crippen LogP) is 1.68. The number of nitrogens with two attached hydrogens (primary N) is 1. The number of nitrogen functional groups attached to an aromatic ring is 1. The molecule has 1 aliphatic heterocycles. The Balaban J connectivity index is 1.76. The van der Waals surface area contributed by atoms with E-state index in [4.69, 9.17) is 5.73 Å². The molecule has 0 aromatic carbocycles. The SMILES string of the molecule is Nc1nsc(NCC2CCSCC2)n1. The summed E-state index contributed by atoms with van der Waals surface area (Å²) in [5.74, 6) is 3.76. The van der Waals surface area contributed by atoms with Crippen LogP contribution in [0.2, 0.25) is 0 Å². The molecule has 1 aromatic rings. The Labute approximate surface area is 91.8 Å². The molecular weight excluding hydrogens is 216 g/mol. The molecule has 0 unspecified atom stereocenters. The number of nitrogens with one attached hydrogen (secondary N) is 1. The van der Waals surface area contributed by atoms with E-state index in [9.17, 15) is 0 Å². The van der Waals surface area contributed by atoms with Crippen LogP contribution < -0.4 is 11.1 Å². The molecule has 1 aliphatic rings. The third-order valence-electron chi connectivity index (χ3n) is 2.32. The average Bonchev–Trinajstić information content (AvgIpc) is 2.63. The first-order chi connectivity index (χ1) is 6.84. The minimum absolute atomic E-state index is 0.372. The molecule has 0 bridgehead atoms. The van der Waals surface area contributed by atoms with Gasteiger partial charge in [0.15, 0.2) is 0 Å². The monoisotopic (exact) mass is 230 g/mol. The van der Waals surface area contributed by atoms with Crippen LogP contribution in [0, 0.1) is 5.92 Å². The van der Waals surface area contributed by atoms with Gasteiger partial charge in [-0.15, -0.1) is 0 Å². The molecule has 4 nitrogen and oxygen atoms in total. The third-order valence-corrected chi connectivity index (χ3v) is 4.06. The normalized spacial score (nSPS) is 18.3. The molecule has 0 atom stereocenters. The maximum absolute atomic E-state index is 5.43. The van der Waals surface area contributed by atoms with Crippen LogP contribution in [-0.2, 0) is 0 Å².